The lowest BCUT2D eigenvalue weighted by Gasteiger charge is -2.04. The molecule has 3 heteroatoms. The average molecular weight is 279 g/mol. The highest BCUT2D eigenvalue weighted by Crippen LogP contribution is 2.13. The van der Waals surface area contributed by atoms with E-state index in [1.54, 1.807) is 0 Å². The van der Waals surface area contributed by atoms with E-state index in [4.69, 9.17) is 11.6 Å². The molecule has 0 fully saturated rings. The van der Waals surface area contributed by atoms with Crippen molar-refractivity contribution in [3.05, 3.63) is 70.2 Å². The Morgan fingerprint density at radius 3 is 2.33 bits per heavy atom. The second-order valence-corrected chi connectivity index (χ2v) is 6.24. The maximum Gasteiger partial charge on any atom is 0.0489 e. The average Bonchev–Trinajstić information content (AvgIpc) is 2.32. The third-order valence-corrected chi connectivity index (χ3v) is 4.21. The SMILES string of the molecule is Cc1cccc(CS(=O)Cc2ccc(Cl)cc2)c1. The van der Waals surface area contributed by atoms with Crippen molar-refractivity contribution >= 4 is 22.4 Å². The lowest BCUT2D eigenvalue weighted by Crippen LogP contribution is -1.99. The van der Waals surface area contributed by atoms with Crippen LogP contribution in [0.15, 0.2) is 48.5 Å². The molecule has 2 rings (SSSR count). The number of hydrogen-bond donors (Lipinski definition) is 0. The van der Waals surface area contributed by atoms with Gasteiger partial charge in [0, 0.05) is 27.3 Å². The maximum atomic E-state index is 12.1. The Morgan fingerprint density at radius 2 is 1.67 bits per heavy atom. The van der Waals surface area contributed by atoms with E-state index in [9.17, 15) is 4.21 Å². The van der Waals surface area contributed by atoms with E-state index in [0.717, 1.165) is 11.1 Å². The van der Waals surface area contributed by atoms with E-state index >= 15 is 0 Å². The smallest absolute Gasteiger partial charge is 0.0489 e. The molecule has 0 bridgehead atoms. The van der Waals surface area contributed by atoms with Crippen LogP contribution < -0.4 is 0 Å². The van der Waals surface area contributed by atoms with Gasteiger partial charge in [-0.2, -0.15) is 0 Å². The molecular formula is C15H15ClOS. The molecule has 2 aromatic rings. The fraction of sp³-hybridized carbons (Fsp3) is 0.200. The molecule has 2 aromatic carbocycles. The van der Waals surface area contributed by atoms with Gasteiger partial charge in [0.05, 0.1) is 0 Å². The van der Waals surface area contributed by atoms with Gasteiger partial charge in [-0.05, 0) is 30.2 Å². The minimum atomic E-state index is -0.880. The molecule has 0 aliphatic rings. The van der Waals surface area contributed by atoms with Gasteiger partial charge in [-0.1, -0.05) is 53.6 Å². The number of halogens is 1. The van der Waals surface area contributed by atoms with Crippen LogP contribution in [0.3, 0.4) is 0 Å². The molecule has 0 N–H and O–H groups in total. The van der Waals surface area contributed by atoms with Gasteiger partial charge >= 0.3 is 0 Å². The third kappa shape index (κ3) is 3.97. The van der Waals surface area contributed by atoms with Crippen LogP contribution in [0.1, 0.15) is 16.7 Å². The summed E-state index contributed by atoms with van der Waals surface area (Å²) < 4.78 is 12.1. The quantitative estimate of drug-likeness (QED) is 0.823. The minimum absolute atomic E-state index is 0.575. The van der Waals surface area contributed by atoms with Crippen LogP contribution >= 0.6 is 11.6 Å². The van der Waals surface area contributed by atoms with Crippen LogP contribution in [-0.4, -0.2) is 4.21 Å². The lowest BCUT2D eigenvalue weighted by atomic mass is 10.2. The van der Waals surface area contributed by atoms with Gasteiger partial charge in [0.1, 0.15) is 0 Å². The molecule has 94 valence electrons. The summed E-state index contributed by atoms with van der Waals surface area (Å²) in [5.74, 6) is 1.18. The van der Waals surface area contributed by atoms with Crippen molar-refractivity contribution in [1.82, 2.24) is 0 Å². The van der Waals surface area contributed by atoms with Gasteiger partial charge in [0.2, 0.25) is 0 Å². The van der Waals surface area contributed by atoms with Crippen LogP contribution in [0.2, 0.25) is 5.02 Å². The van der Waals surface area contributed by atoms with Crippen LogP contribution in [0.25, 0.3) is 0 Å². The first-order valence-corrected chi connectivity index (χ1v) is 7.65. The van der Waals surface area contributed by atoms with Crippen LogP contribution in [0.5, 0.6) is 0 Å². The van der Waals surface area contributed by atoms with Gasteiger partial charge in [-0.25, -0.2) is 0 Å². The molecule has 0 heterocycles. The van der Waals surface area contributed by atoms with Crippen LogP contribution in [0.4, 0.5) is 0 Å². The molecule has 0 aliphatic carbocycles. The highest BCUT2D eigenvalue weighted by Gasteiger charge is 2.03. The van der Waals surface area contributed by atoms with Crippen molar-refractivity contribution in [1.29, 1.82) is 0 Å². The number of aryl methyl sites for hydroxylation is 1. The van der Waals surface area contributed by atoms with Gasteiger partial charge in [0.25, 0.3) is 0 Å². The Morgan fingerprint density at radius 1 is 1.00 bits per heavy atom. The number of rotatable bonds is 4. The zero-order valence-electron chi connectivity index (χ0n) is 10.2. The molecule has 1 atom stereocenters. The molecule has 0 spiro atoms. The van der Waals surface area contributed by atoms with Crippen LogP contribution in [-0.2, 0) is 22.3 Å². The van der Waals surface area contributed by atoms with E-state index in [-0.39, 0.29) is 0 Å². The summed E-state index contributed by atoms with van der Waals surface area (Å²) >= 11 is 5.82. The van der Waals surface area contributed by atoms with Gasteiger partial charge < -0.3 is 0 Å². The molecular weight excluding hydrogens is 264 g/mol. The van der Waals surface area contributed by atoms with Crippen molar-refractivity contribution in [2.24, 2.45) is 0 Å². The summed E-state index contributed by atoms with van der Waals surface area (Å²) in [7, 11) is -0.880. The molecule has 18 heavy (non-hydrogen) atoms. The summed E-state index contributed by atoms with van der Waals surface area (Å²) in [6.45, 7) is 2.05. The van der Waals surface area contributed by atoms with Crippen molar-refractivity contribution in [3.63, 3.8) is 0 Å². The van der Waals surface area contributed by atoms with Gasteiger partial charge in [-0.15, -0.1) is 0 Å². The molecule has 1 unspecified atom stereocenters. The number of hydrogen-bond acceptors (Lipinski definition) is 1. The Labute approximate surface area is 115 Å². The fourth-order valence-corrected chi connectivity index (χ4v) is 3.15. The number of benzene rings is 2. The maximum absolute atomic E-state index is 12.1. The van der Waals surface area contributed by atoms with E-state index in [1.165, 1.54) is 5.56 Å². The molecule has 0 amide bonds. The predicted octanol–water partition coefficient (Wildman–Crippen LogP) is 4.10. The minimum Gasteiger partial charge on any atom is -0.259 e. The molecule has 0 saturated heterocycles. The molecule has 0 aliphatic heterocycles. The van der Waals surface area contributed by atoms with Crippen molar-refractivity contribution in [3.8, 4) is 0 Å². The van der Waals surface area contributed by atoms with E-state index in [2.05, 4.69) is 6.07 Å². The first kappa shape index (κ1) is 13.3. The highest BCUT2D eigenvalue weighted by atomic mass is 35.5. The zero-order valence-corrected chi connectivity index (χ0v) is 11.8. The Hall–Kier alpha value is -1.12. The van der Waals surface area contributed by atoms with Crippen molar-refractivity contribution < 1.29 is 4.21 Å². The predicted molar refractivity (Wildman–Crippen MR) is 78.2 cm³/mol. The summed E-state index contributed by atoms with van der Waals surface area (Å²) in [5, 5.41) is 0.711. The highest BCUT2D eigenvalue weighted by molar-refractivity contribution is 7.83. The lowest BCUT2D eigenvalue weighted by molar-refractivity contribution is 0.682. The normalized spacial score (nSPS) is 12.3. The summed E-state index contributed by atoms with van der Waals surface area (Å²) in [5.41, 5.74) is 3.39. The summed E-state index contributed by atoms with van der Waals surface area (Å²) in [4.78, 5) is 0. The standard InChI is InChI=1S/C15H15ClOS/c1-12-3-2-4-14(9-12)11-18(17)10-13-5-7-15(16)8-6-13/h2-9H,10-11H2,1H3. The second-order valence-electron chi connectivity index (χ2n) is 4.34. The Balaban J connectivity index is 1.98. The van der Waals surface area contributed by atoms with Crippen molar-refractivity contribution in [2.45, 2.75) is 18.4 Å². The monoisotopic (exact) mass is 278 g/mol. The summed E-state index contributed by atoms with van der Waals surface area (Å²) in [6, 6.07) is 15.7. The Kier molecular flexibility index (Phi) is 4.56. The second kappa shape index (κ2) is 6.17. The molecule has 0 radical (unpaired) electrons. The van der Waals surface area contributed by atoms with E-state index in [1.807, 2.05) is 49.4 Å². The van der Waals surface area contributed by atoms with Crippen molar-refractivity contribution in [2.75, 3.05) is 0 Å². The van der Waals surface area contributed by atoms with Gasteiger partial charge in [-0.3, -0.25) is 4.21 Å². The first-order valence-electron chi connectivity index (χ1n) is 5.78. The Bertz CT molecular complexity index is 549. The molecule has 1 nitrogen and oxygen atoms in total. The summed E-state index contributed by atoms with van der Waals surface area (Å²) in [6.07, 6.45) is 0. The topological polar surface area (TPSA) is 17.1 Å². The van der Waals surface area contributed by atoms with E-state index < -0.39 is 10.8 Å². The zero-order chi connectivity index (χ0) is 13.0. The van der Waals surface area contributed by atoms with Crippen LogP contribution in [0, 0.1) is 6.92 Å². The molecule has 0 saturated carbocycles. The molecule has 0 aromatic heterocycles. The largest absolute Gasteiger partial charge is 0.259 e. The third-order valence-electron chi connectivity index (χ3n) is 2.65. The first-order chi connectivity index (χ1) is 8.63. The fourth-order valence-electron chi connectivity index (χ4n) is 1.81. The van der Waals surface area contributed by atoms with E-state index in [0.29, 0.717) is 16.5 Å². The van der Waals surface area contributed by atoms with Gasteiger partial charge in [0.15, 0.2) is 0 Å².